The van der Waals surface area contributed by atoms with Gasteiger partial charge >= 0.3 is 5.97 Å². The fourth-order valence-electron chi connectivity index (χ4n) is 3.48. The van der Waals surface area contributed by atoms with Gasteiger partial charge in [-0.05, 0) is 51.1 Å². The van der Waals surface area contributed by atoms with Crippen molar-refractivity contribution in [3.63, 3.8) is 0 Å². The monoisotopic (exact) mass is 268 g/mol. The van der Waals surface area contributed by atoms with E-state index in [0.29, 0.717) is 5.92 Å². The first-order valence-electron chi connectivity index (χ1n) is 7.66. The van der Waals surface area contributed by atoms with Gasteiger partial charge in [-0.1, -0.05) is 13.3 Å². The van der Waals surface area contributed by atoms with E-state index in [1.807, 2.05) is 7.05 Å². The maximum Gasteiger partial charge on any atom is 0.327 e. The molecule has 1 aliphatic carbocycles. The molecule has 2 rings (SSSR count). The van der Waals surface area contributed by atoms with Gasteiger partial charge in [0.25, 0.3) is 0 Å². The highest BCUT2D eigenvalue weighted by atomic mass is 16.5. The predicted molar refractivity (Wildman–Crippen MR) is 76.0 cm³/mol. The van der Waals surface area contributed by atoms with Gasteiger partial charge in [-0.2, -0.15) is 0 Å². The van der Waals surface area contributed by atoms with E-state index in [4.69, 9.17) is 4.74 Å². The Morgan fingerprint density at radius 3 is 2.68 bits per heavy atom. The molecule has 1 saturated carbocycles. The summed E-state index contributed by atoms with van der Waals surface area (Å²) in [6, 6.07) is 0. The van der Waals surface area contributed by atoms with Crippen molar-refractivity contribution in [2.45, 2.75) is 44.6 Å². The molecule has 1 N–H and O–H groups in total. The number of carbonyl (C=O) groups excluding carboxylic acids is 1. The van der Waals surface area contributed by atoms with Gasteiger partial charge in [-0.15, -0.1) is 0 Å². The van der Waals surface area contributed by atoms with E-state index < -0.39 is 5.54 Å². The second kappa shape index (κ2) is 6.23. The zero-order chi connectivity index (χ0) is 13.9. The van der Waals surface area contributed by atoms with E-state index >= 15 is 0 Å². The molecule has 2 aliphatic rings. The zero-order valence-electron chi connectivity index (χ0n) is 12.6. The molecule has 0 bridgehead atoms. The van der Waals surface area contributed by atoms with E-state index in [-0.39, 0.29) is 5.97 Å². The smallest absolute Gasteiger partial charge is 0.327 e. The Bertz CT molecular complexity index is 317. The molecule has 4 nitrogen and oxygen atoms in total. The molecule has 19 heavy (non-hydrogen) atoms. The van der Waals surface area contributed by atoms with Gasteiger partial charge in [-0.25, -0.2) is 4.79 Å². The minimum atomic E-state index is -0.482. The van der Waals surface area contributed by atoms with Crippen molar-refractivity contribution in [2.75, 3.05) is 33.8 Å². The van der Waals surface area contributed by atoms with Crippen LogP contribution in [0.25, 0.3) is 0 Å². The fraction of sp³-hybridized carbons (Fsp3) is 0.933. The molecule has 0 radical (unpaired) electrons. The van der Waals surface area contributed by atoms with Crippen molar-refractivity contribution in [1.82, 2.24) is 10.2 Å². The van der Waals surface area contributed by atoms with Gasteiger partial charge in [0.1, 0.15) is 5.54 Å². The minimum absolute atomic E-state index is 0.0869. The van der Waals surface area contributed by atoms with Crippen molar-refractivity contribution in [3.05, 3.63) is 0 Å². The number of piperidine rings is 1. The first-order chi connectivity index (χ1) is 9.16. The summed E-state index contributed by atoms with van der Waals surface area (Å²) in [4.78, 5) is 14.7. The van der Waals surface area contributed by atoms with Crippen LogP contribution in [-0.4, -0.2) is 50.2 Å². The molecular weight excluding hydrogens is 240 g/mol. The maximum atomic E-state index is 12.3. The summed E-state index contributed by atoms with van der Waals surface area (Å²) in [6.07, 6.45) is 6.11. The number of esters is 1. The van der Waals surface area contributed by atoms with Crippen molar-refractivity contribution < 1.29 is 9.53 Å². The summed E-state index contributed by atoms with van der Waals surface area (Å²) in [5, 5.41) is 3.29. The molecule has 2 unspecified atom stereocenters. The summed E-state index contributed by atoms with van der Waals surface area (Å²) in [5.74, 6) is 1.16. The number of rotatable bonds is 6. The lowest BCUT2D eigenvalue weighted by Crippen LogP contribution is -2.61. The molecule has 1 aliphatic heterocycles. The van der Waals surface area contributed by atoms with Gasteiger partial charge in [0, 0.05) is 13.1 Å². The lowest BCUT2D eigenvalue weighted by molar-refractivity contribution is -0.150. The summed E-state index contributed by atoms with van der Waals surface area (Å²) in [6.45, 7) is 5.31. The third kappa shape index (κ3) is 3.11. The Balaban J connectivity index is 2.05. The van der Waals surface area contributed by atoms with E-state index in [1.165, 1.54) is 26.4 Å². The normalized spacial score (nSPS) is 27.8. The fourth-order valence-corrected chi connectivity index (χ4v) is 3.48. The van der Waals surface area contributed by atoms with Gasteiger partial charge < -0.3 is 15.0 Å². The Kier molecular flexibility index (Phi) is 4.85. The van der Waals surface area contributed by atoms with E-state index in [1.54, 1.807) is 0 Å². The number of likely N-dealkylation sites (N-methyl/N-ethyl adjacent to an activating group) is 1. The minimum Gasteiger partial charge on any atom is -0.468 e. The number of carbonyl (C=O) groups is 1. The van der Waals surface area contributed by atoms with Crippen LogP contribution in [0, 0.1) is 11.8 Å². The van der Waals surface area contributed by atoms with Crippen LogP contribution in [0.15, 0.2) is 0 Å². The Hall–Kier alpha value is -0.610. The number of nitrogens with one attached hydrogen (secondary N) is 1. The van der Waals surface area contributed by atoms with Crippen LogP contribution in [0.3, 0.4) is 0 Å². The Morgan fingerprint density at radius 2 is 2.16 bits per heavy atom. The van der Waals surface area contributed by atoms with Gasteiger partial charge in [0.05, 0.1) is 7.11 Å². The quantitative estimate of drug-likeness (QED) is 0.744. The lowest BCUT2D eigenvalue weighted by atomic mass is 9.89. The van der Waals surface area contributed by atoms with Gasteiger partial charge in [-0.3, -0.25) is 0 Å². The van der Waals surface area contributed by atoms with Crippen LogP contribution in [-0.2, 0) is 9.53 Å². The highest BCUT2D eigenvalue weighted by molar-refractivity contribution is 5.82. The van der Waals surface area contributed by atoms with Crippen LogP contribution < -0.4 is 5.32 Å². The molecule has 0 amide bonds. The van der Waals surface area contributed by atoms with E-state index in [2.05, 4.69) is 17.1 Å². The highest BCUT2D eigenvalue weighted by Crippen LogP contribution is 2.41. The van der Waals surface area contributed by atoms with Crippen LogP contribution in [0.2, 0.25) is 0 Å². The predicted octanol–water partition coefficient (Wildman–Crippen LogP) is 1.65. The standard InChI is InChI=1S/C15H28N2O2/c1-4-12-6-5-9-17(10-12)11-15(16-2,13-7-8-13)14(18)19-3/h12-13,16H,4-11H2,1-3H3. The zero-order valence-corrected chi connectivity index (χ0v) is 12.6. The molecule has 4 heteroatoms. The molecule has 0 aromatic carbocycles. The molecule has 110 valence electrons. The SMILES string of the molecule is CCC1CCCN(CC(NC)(C(=O)OC)C2CC2)C1. The van der Waals surface area contributed by atoms with Crippen molar-refractivity contribution in [2.24, 2.45) is 11.8 Å². The Morgan fingerprint density at radius 1 is 1.42 bits per heavy atom. The summed E-state index contributed by atoms with van der Waals surface area (Å²) in [7, 11) is 3.40. The number of hydrogen-bond acceptors (Lipinski definition) is 4. The van der Waals surface area contributed by atoms with Crippen LogP contribution in [0.4, 0.5) is 0 Å². The molecule has 2 atom stereocenters. The molecule has 1 heterocycles. The first-order valence-corrected chi connectivity index (χ1v) is 7.66. The first kappa shape index (κ1) is 14.8. The summed E-state index contributed by atoms with van der Waals surface area (Å²) >= 11 is 0. The lowest BCUT2D eigenvalue weighted by Gasteiger charge is -2.40. The molecule has 0 aromatic heterocycles. The number of nitrogens with zero attached hydrogens (tertiary/aromatic N) is 1. The van der Waals surface area contributed by atoms with Crippen molar-refractivity contribution in [3.8, 4) is 0 Å². The molecule has 0 spiro atoms. The molecule has 0 aromatic rings. The van der Waals surface area contributed by atoms with Crippen molar-refractivity contribution >= 4 is 5.97 Å². The van der Waals surface area contributed by atoms with Crippen molar-refractivity contribution in [1.29, 1.82) is 0 Å². The molecular formula is C15H28N2O2. The maximum absolute atomic E-state index is 12.3. The van der Waals surface area contributed by atoms with Gasteiger partial charge in [0.2, 0.25) is 0 Å². The van der Waals surface area contributed by atoms with E-state index in [9.17, 15) is 4.79 Å². The van der Waals surface area contributed by atoms with Crippen LogP contribution in [0.1, 0.15) is 39.0 Å². The van der Waals surface area contributed by atoms with Crippen LogP contribution >= 0.6 is 0 Å². The highest BCUT2D eigenvalue weighted by Gasteiger charge is 2.51. The summed E-state index contributed by atoms with van der Waals surface area (Å²) in [5.41, 5.74) is -0.482. The topological polar surface area (TPSA) is 41.6 Å². The van der Waals surface area contributed by atoms with Gasteiger partial charge in [0.15, 0.2) is 0 Å². The number of likely N-dealkylation sites (tertiary alicyclic amines) is 1. The van der Waals surface area contributed by atoms with E-state index in [0.717, 1.165) is 38.4 Å². The average molecular weight is 268 g/mol. The largest absolute Gasteiger partial charge is 0.468 e. The third-order valence-electron chi connectivity index (χ3n) is 4.92. The Labute approximate surface area is 116 Å². The molecule has 2 fully saturated rings. The number of ether oxygens (including phenoxy) is 1. The number of methoxy groups -OCH3 is 1. The number of hydrogen-bond donors (Lipinski definition) is 1. The average Bonchev–Trinajstić information content (AvgIpc) is 3.29. The van der Waals surface area contributed by atoms with Crippen LogP contribution in [0.5, 0.6) is 0 Å². The molecule has 1 saturated heterocycles. The second-order valence-electron chi connectivity index (χ2n) is 6.14. The second-order valence-corrected chi connectivity index (χ2v) is 6.14. The third-order valence-corrected chi connectivity index (χ3v) is 4.92. The summed E-state index contributed by atoms with van der Waals surface area (Å²) < 4.78 is 5.07.